The molecule has 0 saturated heterocycles. The smallest absolute Gasteiger partial charge is 0.263 e. The molecule has 0 bridgehead atoms. The Balaban J connectivity index is 1.59. The second-order valence-electron chi connectivity index (χ2n) is 6.86. The highest BCUT2D eigenvalue weighted by molar-refractivity contribution is 5.90. The Bertz CT molecular complexity index is 1110. The standard InChI is InChI=1S/C20H19FN4O2/c1-12-6-7-14(9-16(12)21)23-18(26)10-25-11-22-19-15(20(25)27)8-13-4-2-3-5-17(13)24-19/h6-9,11H,2-5,10H2,1H3,(H,23,26). The van der Waals surface area contributed by atoms with Gasteiger partial charge in [-0.15, -0.1) is 0 Å². The molecule has 7 heteroatoms. The molecule has 0 saturated carbocycles. The first-order valence-electron chi connectivity index (χ1n) is 8.95. The zero-order chi connectivity index (χ0) is 19.0. The summed E-state index contributed by atoms with van der Waals surface area (Å²) in [5.41, 5.74) is 3.06. The molecule has 1 N–H and O–H groups in total. The van der Waals surface area contributed by atoms with Gasteiger partial charge in [-0.1, -0.05) is 6.07 Å². The van der Waals surface area contributed by atoms with Crippen molar-refractivity contribution in [1.82, 2.24) is 14.5 Å². The summed E-state index contributed by atoms with van der Waals surface area (Å²) in [7, 11) is 0. The summed E-state index contributed by atoms with van der Waals surface area (Å²) in [5, 5.41) is 3.03. The molecule has 0 aliphatic heterocycles. The quantitative estimate of drug-likeness (QED) is 0.773. The molecule has 1 aliphatic rings. The van der Waals surface area contributed by atoms with E-state index < -0.39 is 11.7 Å². The van der Waals surface area contributed by atoms with E-state index in [0.29, 0.717) is 22.3 Å². The largest absolute Gasteiger partial charge is 0.324 e. The Kier molecular flexibility index (Phi) is 4.43. The Morgan fingerprint density at radius 3 is 2.89 bits per heavy atom. The van der Waals surface area contributed by atoms with E-state index in [-0.39, 0.29) is 12.1 Å². The van der Waals surface area contributed by atoms with E-state index in [1.54, 1.807) is 19.1 Å². The number of halogens is 1. The lowest BCUT2D eigenvalue weighted by Gasteiger charge is -2.15. The number of fused-ring (bicyclic) bond motifs is 2. The van der Waals surface area contributed by atoms with Crippen LogP contribution in [0.5, 0.6) is 0 Å². The molecule has 6 nitrogen and oxygen atoms in total. The minimum atomic E-state index is -0.424. The summed E-state index contributed by atoms with van der Waals surface area (Å²) in [5.74, 6) is -0.819. The molecular formula is C20H19FN4O2. The zero-order valence-corrected chi connectivity index (χ0v) is 15.0. The Hall–Kier alpha value is -3.09. The van der Waals surface area contributed by atoms with E-state index in [1.807, 2.05) is 6.07 Å². The van der Waals surface area contributed by atoms with Crippen LogP contribution in [0.1, 0.15) is 29.7 Å². The molecule has 0 spiro atoms. The average molecular weight is 366 g/mol. The third-order valence-corrected chi connectivity index (χ3v) is 4.86. The first kappa shape index (κ1) is 17.3. The summed E-state index contributed by atoms with van der Waals surface area (Å²) in [6.45, 7) is 1.45. The number of carbonyl (C=O) groups is 1. The van der Waals surface area contributed by atoms with Crippen molar-refractivity contribution in [3.63, 3.8) is 0 Å². The normalized spacial score (nSPS) is 13.4. The van der Waals surface area contributed by atoms with Gasteiger partial charge < -0.3 is 5.32 Å². The molecule has 0 atom stereocenters. The number of rotatable bonds is 3. The molecular weight excluding hydrogens is 347 g/mol. The van der Waals surface area contributed by atoms with Crippen molar-refractivity contribution in [3.05, 3.63) is 63.6 Å². The maximum Gasteiger partial charge on any atom is 0.263 e. The molecule has 1 amide bonds. The van der Waals surface area contributed by atoms with Crippen LogP contribution in [0.3, 0.4) is 0 Å². The van der Waals surface area contributed by atoms with Gasteiger partial charge in [-0.3, -0.25) is 14.2 Å². The van der Waals surface area contributed by atoms with Gasteiger partial charge >= 0.3 is 0 Å². The van der Waals surface area contributed by atoms with Crippen molar-refractivity contribution in [1.29, 1.82) is 0 Å². The van der Waals surface area contributed by atoms with Gasteiger partial charge in [0.05, 0.1) is 5.39 Å². The topological polar surface area (TPSA) is 76.9 Å². The molecule has 0 fully saturated rings. The fourth-order valence-corrected chi connectivity index (χ4v) is 3.35. The maximum absolute atomic E-state index is 13.6. The second-order valence-corrected chi connectivity index (χ2v) is 6.86. The molecule has 0 unspecified atom stereocenters. The van der Waals surface area contributed by atoms with E-state index in [1.165, 1.54) is 17.0 Å². The number of benzene rings is 1. The van der Waals surface area contributed by atoms with Crippen molar-refractivity contribution < 1.29 is 9.18 Å². The summed E-state index contributed by atoms with van der Waals surface area (Å²) >= 11 is 0. The molecule has 27 heavy (non-hydrogen) atoms. The Morgan fingerprint density at radius 2 is 2.07 bits per heavy atom. The number of hydrogen-bond acceptors (Lipinski definition) is 4. The number of amides is 1. The fraction of sp³-hybridized carbons (Fsp3) is 0.300. The van der Waals surface area contributed by atoms with Gasteiger partial charge in [0.15, 0.2) is 5.65 Å². The first-order chi connectivity index (χ1) is 13.0. The van der Waals surface area contributed by atoms with E-state index in [9.17, 15) is 14.0 Å². The number of hydrogen-bond donors (Lipinski definition) is 1. The second kappa shape index (κ2) is 6.90. The van der Waals surface area contributed by atoms with Crippen molar-refractivity contribution in [2.24, 2.45) is 0 Å². The van der Waals surface area contributed by atoms with Crippen molar-refractivity contribution in [3.8, 4) is 0 Å². The van der Waals surface area contributed by atoms with E-state index in [0.717, 1.165) is 36.9 Å². The number of carbonyl (C=O) groups excluding carboxylic acids is 1. The first-order valence-corrected chi connectivity index (χ1v) is 8.95. The van der Waals surface area contributed by atoms with Gasteiger partial charge in [0.2, 0.25) is 5.91 Å². The van der Waals surface area contributed by atoms with Crippen LogP contribution in [0.15, 0.2) is 35.4 Å². The maximum atomic E-state index is 13.6. The lowest BCUT2D eigenvalue weighted by Crippen LogP contribution is -2.28. The van der Waals surface area contributed by atoms with Crippen LogP contribution < -0.4 is 10.9 Å². The van der Waals surface area contributed by atoms with Crippen LogP contribution in [-0.2, 0) is 24.2 Å². The van der Waals surface area contributed by atoms with Crippen molar-refractivity contribution in [2.45, 2.75) is 39.2 Å². The number of anilines is 1. The summed E-state index contributed by atoms with van der Waals surface area (Å²) in [6.07, 6.45) is 5.34. The molecule has 3 aromatic rings. The minimum Gasteiger partial charge on any atom is -0.324 e. The third kappa shape index (κ3) is 3.45. The predicted molar refractivity (Wildman–Crippen MR) is 100 cm³/mol. The predicted octanol–water partition coefficient (Wildman–Crippen LogP) is 2.76. The number of aryl methyl sites for hydroxylation is 3. The number of pyridine rings is 1. The van der Waals surface area contributed by atoms with Crippen LogP contribution in [0.4, 0.5) is 10.1 Å². The Morgan fingerprint density at radius 1 is 1.26 bits per heavy atom. The average Bonchev–Trinajstić information content (AvgIpc) is 2.66. The van der Waals surface area contributed by atoms with Crippen LogP contribution in [-0.4, -0.2) is 20.4 Å². The number of nitrogens with zero attached hydrogens (tertiary/aromatic N) is 3. The van der Waals surface area contributed by atoms with E-state index >= 15 is 0 Å². The summed E-state index contributed by atoms with van der Waals surface area (Å²) in [4.78, 5) is 33.8. The molecule has 1 aromatic carbocycles. The minimum absolute atomic E-state index is 0.200. The van der Waals surface area contributed by atoms with Gasteiger partial charge in [0, 0.05) is 11.4 Å². The van der Waals surface area contributed by atoms with Crippen molar-refractivity contribution >= 4 is 22.6 Å². The molecule has 138 valence electrons. The van der Waals surface area contributed by atoms with E-state index in [2.05, 4.69) is 15.3 Å². The van der Waals surface area contributed by atoms with Gasteiger partial charge in [-0.2, -0.15) is 0 Å². The molecule has 0 radical (unpaired) electrons. The number of aromatic nitrogens is 3. The highest BCUT2D eigenvalue weighted by atomic mass is 19.1. The summed E-state index contributed by atoms with van der Waals surface area (Å²) in [6, 6.07) is 6.32. The molecule has 1 aliphatic carbocycles. The SMILES string of the molecule is Cc1ccc(NC(=O)Cn2cnc3nc4c(cc3c2=O)CCCC4)cc1F. The molecule has 2 heterocycles. The van der Waals surface area contributed by atoms with Gasteiger partial charge in [-0.05, 0) is 61.9 Å². The highest BCUT2D eigenvalue weighted by Gasteiger charge is 2.15. The van der Waals surface area contributed by atoms with Crippen LogP contribution >= 0.6 is 0 Å². The number of nitrogens with one attached hydrogen (secondary N) is 1. The van der Waals surface area contributed by atoms with Crippen LogP contribution in [0.25, 0.3) is 11.0 Å². The van der Waals surface area contributed by atoms with Crippen LogP contribution in [0, 0.1) is 12.7 Å². The molecule has 4 rings (SSSR count). The van der Waals surface area contributed by atoms with Crippen LogP contribution in [0.2, 0.25) is 0 Å². The monoisotopic (exact) mass is 366 g/mol. The van der Waals surface area contributed by atoms with Gasteiger partial charge in [0.1, 0.15) is 18.7 Å². The summed E-state index contributed by atoms with van der Waals surface area (Å²) < 4.78 is 14.9. The van der Waals surface area contributed by atoms with Gasteiger partial charge in [-0.25, -0.2) is 14.4 Å². The fourth-order valence-electron chi connectivity index (χ4n) is 3.35. The lowest BCUT2D eigenvalue weighted by molar-refractivity contribution is -0.116. The zero-order valence-electron chi connectivity index (χ0n) is 15.0. The van der Waals surface area contributed by atoms with Crippen molar-refractivity contribution in [2.75, 3.05) is 5.32 Å². The van der Waals surface area contributed by atoms with E-state index in [4.69, 9.17) is 0 Å². The Labute approximate surface area is 155 Å². The lowest BCUT2D eigenvalue weighted by atomic mass is 9.95. The molecule has 2 aromatic heterocycles. The highest BCUT2D eigenvalue weighted by Crippen LogP contribution is 2.21. The van der Waals surface area contributed by atoms with Gasteiger partial charge in [0.25, 0.3) is 5.56 Å². The third-order valence-electron chi connectivity index (χ3n) is 4.86.